The maximum absolute atomic E-state index is 12.8. The first-order valence-corrected chi connectivity index (χ1v) is 11.2. The quantitative estimate of drug-likeness (QED) is 0.580. The minimum absolute atomic E-state index is 0.0750. The van der Waals surface area contributed by atoms with Gasteiger partial charge in [-0.05, 0) is 29.8 Å². The molecule has 0 aliphatic carbocycles. The van der Waals surface area contributed by atoms with Gasteiger partial charge in [-0.3, -0.25) is 4.90 Å². The van der Waals surface area contributed by atoms with Crippen LogP contribution in [0.15, 0.2) is 46.3 Å². The van der Waals surface area contributed by atoms with Crippen molar-refractivity contribution in [3.8, 4) is 11.5 Å². The molecule has 0 spiro atoms. The summed E-state index contributed by atoms with van der Waals surface area (Å²) in [5, 5.41) is 3.00. The molecule has 12 heteroatoms. The summed E-state index contributed by atoms with van der Waals surface area (Å²) >= 11 is 0.974. The van der Waals surface area contributed by atoms with Crippen LogP contribution in [0.4, 0.5) is 0 Å². The van der Waals surface area contributed by atoms with Crippen molar-refractivity contribution in [3.63, 3.8) is 0 Å². The molecule has 0 atom stereocenters. The minimum atomic E-state index is -3.84. The van der Waals surface area contributed by atoms with E-state index in [1.54, 1.807) is 26.4 Å². The monoisotopic (exact) mass is 448 g/mol. The van der Waals surface area contributed by atoms with Gasteiger partial charge in [-0.15, -0.1) is 0 Å². The highest BCUT2D eigenvalue weighted by Crippen LogP contribution is 2.28. The third-order valence-corrected chi connectivity index (χ3v) is 6.44. The molecule has 10 nitrogen and oxygen atoms in total. The highest BCUT2D eigenvalue weighted by molar-refractivity contribution is 7.90. The smallest absolute Gasteiger partial charge is 0.266 e. The van der Waals surface area contributed by atoms with Crippen molar-refractivity contribution < 1.29 is 17.9 Å². The number of guanidine groups is 1. The van der Waals surface area contributed by atoms with Gasteiger partial charge in [-0.1, -0.05) is 12.1 Å². The number of nitrogens with zero attached hydrogens (tertiary/aromatic N) is 4. The Morgan fingerprint density at radius 1 is 1.17 bits per heavy atom. The molecule has 0 radical (unpaired) electrons. The van der Waals surface area contributed by atoms with Gasteiger partial charge < -0.3 is 14.8 Å². The summed E-state index contributed by atoms with van der Waals surface area (Å²) < 4.78 is 46.8. The second-order valence-corrected chi connectivity index (χ2v) is 8.67. The first-order valence-electron chi connectivity index (χ1n) is 8.96. The Morgan fingerprint density at radius 2 is 2.00 bits per heavy atom. The molecule has 0 saturated carbocycles. The molecule has 4 rings (SSSR count). The van der Waals surface area contributed by atoms with Crippen molar-refractivity contribution in [2.24, 2.45) is 4.99 Å². The van der Waals surface area contributed by atoms with Crippen LogP contribution in [0.25, 0.3) is 11.0 Å². The van der Waals surface area contributed by atoms with Crippen LogP contribution in [0.5, 0.6) is 11.5 Å². The average Bonchev–Trinajstić information content (AvgIpc) is 3.23. The van der Waals surface area contributed by atoms with Crippen LogP contribution in [0, 0.1) is 0 Å². The molecule has 1 aliphatic rings. The van der Waals surface area contributed by atoms with E-state index in [9.17, 15) is 8.42 Å². The number of rotatable bonds is 6. The fourth-order valence-electron chi connectivity index (χ4n) is 3.06. The van der Waals surface area contributed by atoms with Gasteiger partial charge in [0.15, 0.2) is 11.5 Å². The Bertz CT molecular complexity index is 1190. The van der Waals surface area contributed by atoms with Crippen LogP contribution in [0.2, 0.25) is 0 Å². The fraction of sp³-hybridized carbons (Fsp3) is 0.278. The summed E-state index contributed by atoms with van der Waals surface area (Å²) in [6.45, 7) is 1.38. The predicted octanol–water partition coefficient (Wildman–Crippen LogP) is 1.36. The summed E-state index contributed by atoms with van der Waals surface area (Å²) in [6, 6.07) is 10.6. The van der Waals surface area contributed by atoms with E-state index in [0.29, 0.717) is 42.4 Å². The van der Waals surface area contributed by atoms with E-state index in [0.717, 1.165) is 17.3 Å². The number of aromatic nitrogens is 2. The van der Waals surface area contributed by atoms with E-state index in [1.165, 1.54) is 6.07 Å². The second kappa shape index (κ2) is 8.42. The zero-order valence-electron chi connectivity index (χ0n) is 16.3. The number of hydrogen-bond acceptors (Lipinski definition) is 10. The molecule has 1 aromatic heterocycles. The topological polar surface area (TPSA) is 118 Å². The average molecular weight is 449 g/mol. The van der Waals surface area contributed by atoms with E-state index in [1.807, 2.05) is 23.1 Å². The van der Waals surface area contributed by atoms with Gasteiger partial charge in [0, 0.05) is 6.54 Å². The van der Waals surface area contributed by atoms with Crippen LogP contribution in [0.1, 0.15) is 5.56 Å². The first kappa shape index (κ1) is 20.3. The molecule has 2 heterocycles. The van der Waals surface area contributed by atoms with Crippen LogP contribution in [-0.4, -0.2) is 55.6 Å². The lowest BCUT2D eigenvalue weighted by atomic mass is 10.2. The van der Waals surface area contributed by atoms with Gasteiger partial charge in [-0.2, -0.15) is 8.75 Å². The van der Waals surface area contributed by atoms with E-state index in [2.05, 4.69) is 23.8 Å². The van der Waals surface area contributed by atoms with Crippen molar-refractivity contribution in [2.75, 3.05) is 27.6 Å². The number of fused-ring (bicyclic) bond motifs is 1. The van der Waals surface area contributed by atoms with Crippen molar-refractivity contribution in [1.82, 2.24) is 23.7 Å². The number of nitrogens with one attached hydrogen (secondary N) is 2. The van der Waals surface area contributed by atoms with Crippen LogP contribution in [0.3, 0.4) is 0 Å². The highest BCUT2D eigenvalue weighted by Gasteiger charge is 2.23. The Labute approximate surface area is 177 Å². The van der Waals surface area contributed by atoms with Gasteiger partial charge in [0.2, 0.25) is 5.96 Å². The number of ether oxygens (including phenoxy) is 2. The molecule has 0 unspecified atom stereocenters. The molecular weight excluding hydrogens is 428 g/mol. The molecule has 30 heavy (non-hydrogen) atoms. The lowest BCUT2D eigenvalue weighted by molar-refractivity contribution is 0.254. The number of hydrogen-bond donors (Lipinski definition) is 2. The van der Waals surface area contributed by atoms with Gasteiger partial charge in [0.1, 0.15) is 15.9 Å². The fourth-order valence-corrected chi connectivity index (χ4v) is 4.83. The van der Waals surface area contributed by atoms with Crippen LogP contribution >= 0.6 is 11.7 Å². The predicted molar refractivity (Wildman–Crippen MR) is 113 cm³/mol. The van der Waals surface area contributed by atoms with Gasteiger partial charge in [0.25, 0.3) is 10.0 Å². The van der Waals surface area contributed by atoms with E-state index in [4.69, 9.17) is 9.47 Å². The molecule has 0 bridgehead atoms. The molecule has 0 amide bonds. The molecular formula is C18H20N6O4S2. The lowest BCUT2D eigenvalue weighted by Gasteiger charge is -2.27. The summed E-state index contributed by atoms with van der Waals surface area (Å²) in [6.07, 6.45) is 0. The van der Waals surface area contributed by atoms with Crippen molar-refractivity contribution in [1.29, 1.82) is 0 Å². The number of methoxy groups -OCH3 is 2. The van der Waals surface area contributed by atoms with E-state index < -0.39 is 10.0 Å². The summed E-state index contributed by atoms with van der Waals surface area (Å²) in [5.41, 5.74) is 1.92. The van der Waals surface area contributed by atoms with E-state index >= 15 is 0 Å². The number of sulfonamides is 1. The molecule has 158 valence electrons. The summed E-state index contributed by atoms with van der Waals surface area (Å²) in [5.74, 6) is 1.51. The maximum atomic E-state index is 12.8. The standard InChI is InChI=1S/C18H20N6O4S2/c1-27-14-7-6-12(8-15(14)28-2)9-24-10-19-18(20-11-24)23-30(25,26)16-5-3-4-13-17(16)22-29-21-13/h3-8H,9-11H2,1-2H3,(H2,19,20,23). The maximum Gasteiger partial charge on any atom is 0.266 e. The minimum Gasteiger partial charge on any atom is -0.493 e. The molecule has 2 N–H and O–H groups in total. The highest BCUT2D eigenvalue weighted by atomic mass is 32.2. The van der Waals surface area contributed by atoms with Crippen LogP contribution in [-0.2, 0) is 16.6 Å². The Hall–Kier alpha value is -2.96. The third kappa shape index (κ3) is 4.15. The number of aliphatic imine (C=N–C) groups is 1. The van der Waals surface area contributed by atoms with Gasteiger partial charge in [0.05, 0.1) is 39.3 Å². The molecule has 2 aromatic carbocycles. The Kier molecular flexibility index (Phi) is 5.70. The van der Waals surface area contributed by atoms with Crippen molar-refractivity contribution >= 4 is 38.7 Å². The summed E-state index contributed by atoms with van der Waals surface area (Å²) in [7, 11) is -0.653. The van der Waals surface area contributed by atoms with Crippen molar-refractivity contribution in [2.45, 2.75) is 11.4 Å². The first-order chi connectivity index (χ1) is 14.5. The van der Waals surface area contributed by atoms with Gasteiger partial charge >= 0.3 is 0 Å². The molecule has 0 fully saturated rings. The van der Waals surface area contributed by atoms with Crippen LogP contribution < -0.4 is 19.5 Å². The SMILES string of the molecule is COc1ccc(CN2CN=C(NS(=O)(=O)c3cccc4nsnc34)NC2)cc1OC. The molecule has 1 aliphatic heterocycles. The van der Waals surface area contributed by atoms with E-state index in [-0.39, 0.29) is 10.9 Å². The number of benzene rings is 2. The zero-order chi connectivity index (χ0) is 21.1. The van der Waals surface area contributed by atoms with Crippen molar-refractivity contribution in [3.05, 3.63) is 42.0 Å². The Balaban J connectivity index is 1.43. The van der Waals surface area contributed by atoms with Gasteiger partial charge in [-0.25, -0.2) is 18.1 Å². The normalized spacial score (nSPS) is 14.8. The Morgan fingerprint density at radius 3 is 2.73 bits per heavy atom. The molecule has 0 saturated heterocycles. The lowest BCUT2D eigenvalue weighted by Crippen LogP contribution is -2.49. The zero-order valence-corrected chi connectivity index (χ0v) is 18.0. The largest absolute Gasteiger partial charge is 0.493 e. The second-order valence-electron chi connectivity index (χ2n) is 6.49. The third-order valence-electron chi connectivity index (χ3n) is 4.52. The summed E-state index contributed by atoms with van der Waals surface area (Å²) in [4.78, 5) is 6.41. The molecule has 3 aromatic rings.